The summed E-state index contributed by atoms with van der Waals surface area (Å²) in [5, 5.41) is 0.506. The van der Waals surface area contributed by atoms with Crippen molar-refractivity contribution in [2.24, 2.45) is 5.92 Å². The molecule has 28 heavy (non-hydrogen) atoms. The quantitative estimate of drug-likeness (QED) is 0.357. The van der Waals surface area contributed by atoms with Gasteiger partial charge < -0.3 is 19.2 Å². The van der Waals surface area contributed by atoms with Crippen molar-refractivity contribution >= 4 is 23.8 Å². The first kappa shape index (κ1) is 24.0. The van der Waals surface area contributed by atoms with Crippen molar-refractivity contribution in [3.8, 4) is 0 Å². The monoisotopic (exact) mass is 400 g/mol. The number of likely N-dealkylation sites (N-methyl/N-ethyl adjacent to an activating group) is 1. The highest BCUT2D eigenvalue weighted by Crippen LogP contribution is 2.17. The van der Waals surface area contributed by atoms with Gasteiger partial charge in [-0.3, -0.25) is 14.4 Å². The van der Waals surface area contributed by atoms with Crippen LogP contribution in [-0.2, 0) is 33.5 Å². The Morgan fingerprint density at radius 3 is 2.21 bits per heavy atom. The van der Waals surface area contributed by atoms with Gasteiger partial charge in [-0.25, -0.2) is 4.79 Å². The van der Waals surface area contributed by atoms with E-state index in [0.717, 1.165) is 6.54 Å². The van der Waals surface area contributed by atoms with Crippen LogP contribution < -0.4 is 0 Å². The first-order chi connectivity index (χ1) is 13.0. The van der Waals surface area contributed by atoms with Gasteiger partial charge in [-0.1, -0.05) is 6.92 Å². The SMILES string of the molecule is CC(CC(=O)OCCC(C)(C)OCCN(C)C)CC(=O)ON1C(=O)CCC1=O. The van der Waals surface area contributed by atoms with Crippen LogP contribution in [0, 0.1) is 5.92 Å². The molecule has 1 unspecified atom stereocenters. The highest BCUT2D eigenvalue weighted by Gasteiger charge is 2.33. The van der Waals surface area contributed by atoms with E-state index in [9.17, 15) is 19.2 Å². The second-order valence-electron chi connectivity index (χ2n) is 7.94. The second-order valence-corrected chi connectivity index (χ2v) is 7.94. The van der Waals surface area contributed by atoms with Gasteiger partial charge >= 0.3 is 11.9 Å². The summed E-state index contributed by atoms with van der Waals surface area (Å²) in [6.45, 7) is 7.21. The number of ether oxygens (including phenoxy) is 2. The topological polar surface area (TPSA) is 102 Å². The summed E-state index contributed by atoms with van der Waals surface area (Å²) >= 11 is 0. The van der Waals surface area contributed by atoms with Crippen LogP contribution in [0.3, 0.4) is 0 Å². The average Bonchev–Trinajstić information content (AvgIpc) is 2.85. The van der Waals surface area contributed by atoms with Gasteiger partial charge in [-0.2, -0.15) is 0 Å². The Labute approximate surface area is 166 Å². The number of carbonyl (C=O) groups is 4. The molecule has 0 aromatic carbocycles. The summed E-state index contributed by atoms with van der Waals surface area (Å²) in [5.41, 5.74) is -0.402. The average molecular weight is 400 g/mol. The van der Waals surface area contributed by atoms with E-state index in [0.29, 0.717) is 18.1 Å². The molecular formula is C19H32N2O7. The molecule has 1 aliphatic heterocycles. The van der Waals surface area contributed by atoms with Gasteiger partial charge in [0.15, 0.2) is 0 Å². The minimum absolute atomic E-state index is 0.0406. The lowest BCUT2D eigenvalue weighted by atomic mass is 10.0. The standard InChI is InChI=1S/C19H32N2O7/c1-14(13-18(25)28-21-15(22)6-7-16(21)23)12-17(24)26-10-8-19(2,3)27-11-9-20(4)5/h14H,6-13H2,1-5H3. The molecule has 0 N–H and O–H groups in total. The Hall–Kier alpha value is -2.00. The minimum Gasteiger partial charge on any atom is -0.466 e. The molecule has 1 fully saturated rings. The molecule has 9 nitrogen and oxygen atoms in total. The van der Waals surface area contributed by atoms with E-state index in [1.54, 1.807) is 6.92 Å². The fourth-order valence-electron chi connectivity index (χ4n) is 2.48. The fraction of sp³-hybridized carbons (Fsp3) is 0.789. The van der Waals surface area contributed by atoms with Gasteiger partial charge in [-0.05, 0) is 33.9 Å². The molecule has 160 valence electrons. The molecule has 0 saturated carbocycles. The van der Waals surface area contributed by atoms with Crippen molar-refractivity contribution in [2.75, 3.05) is 33.9 Å². The Bertz CT molecular complexity index is 559. The van der Waals surface area contributed by atoms with Gasteiger partial charge in [0.25, 0.3) is 11.8 Å². The molecule has 0 aromatic heterocycles. The molecule has 0 bridgehead atoms. The predicted octanol–water partition coefficient (Wildman–Crippen LogP) is 1.30. The van der Waals surface area contributed by atoms with E-state index in [1.165, 1.54) is 0 Å². The molecule has 0 radical (unpaired) electrons. The number of imide groups is 1. The minimum atomic E-state index is -0.723. The van der Waals surface area contributed by atoms with Crippen LogP contribution in [0.4, 0.5) is 0 Å². The maximum atomic E-state index is 11.9. The van der Waals surface area contributed by atoms with Gasteiger partial charge in [0, 0.05) is 32.2 Å². The lowest BCUT2D eigenvalue weighted by Gasteiger charge is -2.26. The third-order valence-corrected chi connectivity index (χ3v) is 4.23. The molecule has 1 heterocycles. The molecule has 0 spiro atoms. The number of esters is 1. The molecule has 0 aliphatic carbocycles. The van der Waals surface area contributed by atoms with E-state index in [2.05, 4.69) is 0 Å². The van der Waals surface area contributed by atoms with E-state index in [4.69, 9.17) is 14.3 Å². The van der Waals surface area contributed by atoms with Crippen molar-refractivity contribution < 1.29 is 33.5 Å². The molecule has 1 saturated heterocycles. The van der Waals surface area contributed by atoms with Crippen LogP contribution in [0.1, 0.15) is 52.9 Å². The highest BCUT2D eigenvalue weighted by molar-refractivity contribution is 6.01. The predicted molar refractivity (Wildman–Crippen MR) is 99.7 cm³/mol. The van der Waals surface area contributed by atoms with Crippen molar-refractivity contribution in [1.29, 1.82) is 0 Å². The molecule has 9 heteroatoms. The molecule has 1 aliphatic rings. The van der Waals surface area contributed by atoms with Crippen LogP contribution >= 0.6 is 0 Å². The number of hydrogen-bond acceptors (Lipinski definition) is 8. The van der Waals surface area contributed by atoms with E-state index in [1.807, 2.05) is 32.8 Å². The number of amides is 2. The zero-order chi connectivity index (χ0) is 21.3. The van der Waals surface area contributed by atoms with Gasteiger partial charge in [0.2, 0.25) is 0 Å². The normalized spacial score (nSPS) is 15.9. The Balaban J connectivity index is 2.24. The van der Waals surface area contributed by atoms with Gasteiger partial charge in [0.1, 0.15) is 0 Å². The van der Waals surface area contributed by atoms with E-state index in [-0.39, 0.29) is 38.2 Å². The van der Waals surface area contributed by atoms with Crippen molar-refractivity contribution in [3.05, 3.63) is 0 Å². The smallest absolute Gasteiger partial charge is 0.333 e. The maximum Gasteiger partial charge on any atom is 0.333 e. The van der Waals surface area contributed by atoms with Crippen LogP contribution in [0.5, 0.6) is 0 Å². The van der Waals surface area contributed by atoms with E-state index < -0.39 is 29.4 Å². The number of hydrogen-bond donors (Lipinski definition) is 0. The van der Waals surface area contributed by atoms with Crippen molar-refractivity contribution in [1.82, 2.24) is 9.96 Å². The Morgan fingerprint density at radius 2 is 1.64 bits per heavy atom. The van der Waals surface area contributed by atoms with Crippen LogP contribution in [0.15, 0.2) is 0 Å². The lowest BCUT2D eigenvalue weighted by molar-refractivity contribution is -0.198. The number of hydroxylamine groups is 2. The number of rotatable bonds is 12. The van der Waals surface area contributed by atoms with E-state index >= 15 is 0 Å². The Morgan fingerprint density at radius 1 is 1.07 bits per heavy atom. The lowest BCUT2D eigenvalue weighted by Crippen LogP contribution is -2.32. The Kier molecular flexibility index (Phi) is 9.54. The molecule has 1 atom stereocenters. The zero-order valence-corrected chi connectivity index (χ0v) is 17.5. The molecule has 2 amide bonds. The summed E-state index contributed by atoms with van der Waals surface area (Å²) in [6, 6.07) is 0. The first-order valence-electron chi connectivity index (χ1n) is 9.51. The third-order valence-electron chi connectivity index (χ3n) is 4.23. The summed E-state index contributed by atoms with van der Waals surface area (Å²) in [4.78, 5) is 53.4. The number of nitrogens with zero attached hydrogens (tertiary/aromatic N) is 2. The number of carbonyl (C=O) groups excluding carboxylic acids is 4. The van der Waals surface area contributed by atoms with Crippen LogP contribution in [0.25, 0.3) is 0 Å². The zero-order valence-electron chi connectivity index (χ0n) is 17.5. The fourth-order valence-corrected chi connectivity index (χ4v) is 2.48. The maximum absolute atomic E-state index is 11.9. The summed E-state index contributed by atoms with van der Waals surface area (Å²) in [7, 11) is 3.94. The molecular weight excluding hydrogens is 368 g/mol. The summed E-state index contributed by atoms with van der Waals surface area (Å²) in [6.07, 6.45) is 0.596. The van der Waals surface area contributed by atoms with Crippen molar-refractivity contribution in [3.63, 3.8) is 0 Å². The van der Waals surface area contributed by atoms with Gasteiger partial charge in [-0.15, -0.1) is 5.06 Å². The first-order valence-corrected chi connectivity index (χ1v) is 9.51. The molecule has 0 aromatic rings. The summed E-state index contributed by atoms with van der Waals surface area (Å²) in [5.74, 6) is -2.53. The third kappa shape index (κ3) is 9.27. The van der Waals surface area contributed by atoms with Crippen molar-refractivity contribution in [2.45, 2.75) is 58.5 Å². The van der Waals surface area contributed by atoms with Crippen LogP contribution in [-0.4, -0.2) is 73.2 Å². The summed E-state index contributed by atoms with van der Waals surface area (Å²) < 4.78 is 11.0. The second kappa shape index (κ2) is 11.1. The van der Waals surface area contributed by atoms with Crippen LogP contribution in [0.2, 0.25) is 0 Å². The largest absolute Gasteiger partial charge is 0.466 e. The highest BCUT2D eigenvalue weighted by atomic mass is 16.7. The molecule has 1 rings (SSSR count). The van der Waals surface area contributed by atoms with Gasteiger partial charge in [0.05, 0.1) is 25.2 Å².